The lowest BCUT2D eigenvalue weighted by atomic mass is 10.0. The average molecular weight is 407 g/mol. The number of fused-ring (bicyclic) bond motifs is 1. The number of hydrogen-bond acceptors (Lipinski definition) is 2. The Labute approximate surface area is 175 Å². The number of aromatic nitrogens is 1. The molecule has 3 aromatic rings. The molecule has 2 aromatic carbocycles. The predicted octanol–water partition coefficient (Wildman–Crippen LogP) is 4.30. The minimum Gasteiger partial charge on any atom is -0.354 e. The highest BCUT2D eigenvalue weighted by Gasteiger charge is 2.19. The van der Waals surface area contributed by atoms with Crippen LogP contribution < -0.4 is 5.32 Å². The summed E-state index contributed by atoms with van der Waals surface area (Å²) in [4.78, 5) is 28.9. The minimum atomic E-state index is -0.254. The molecule has 0 saturated carbocycles. The topological polar surface area (TPSA) is 65.2 Å². The summed E-state index contributed by atoms with van der Waals surface area (Å²) in [6.45, 7) is 3.88. The Morgan fingerprint density at radius 1 is 1.23 bits per heavy atom. The van der Waals surface area contributed by atoms with Gasteiger partial charge in [0, 0.05) is 48.9 Å². The van der Waals surface area contributed by atoms with E-state index in [1.165, 1.54) is 6.07 Å². The highest BCUT2D eigenvalue weighted by atomic mass is 19.1. The number of halogens is 1. The third-order valence-electron chi connectivity index (χ3n) is 5.76. The summed E-state index contributed by atoms with van der Waals surface area (Å²) >= 11 is 0. The van der Waals surface area contributed by atoms with Gasteiger partial charge in [0.1, 0.15) is 5.82 Å². The number of benzene rings is 2. The van der Waals surface area contributed by atoms with Crippen LogP contribution in [0.25, 0.3) is 22.2 Å². The van der Waals surface area contributed by atoms with Crippen molar-refractivity contribution in [2.45, 2.75) is 39.2 Å². The first-order valence-electron chi connectivity index (χ1n) is 10.4. The van der Waals surface area contributed by atoms with E-state index in [-0.39, 0.29) is 17.6 Å². The summed E-state index contributed by atoms with van der Waals surface area (Å²) in [7, 11) is 0. The van der Waals surface area contributed by atoms with Gasteiger partial charge in [-0.25, -0.2) is 4.39 Å². The molecule has 0 spiro atoms. The number of aromatic amines is 1. The molecule has 1 saturated heterocycles. The van der Waals surface area contributed by atoms with E-state index in [0.29, 0.717) is 37.9 Å². The van der Waals surface area contributed by atoms with Gasteiger partial charge >= 0.3 is 0 Å². The van der Waals surface area contributed by atoms with Crippen LogP contribution in [0.3, 0.4) is 0 Å². The van der Waals surface area contributed by atoms with Gasteiger partial charge in [-0.3, -0.25) is 9.59 Å². The molecule has 6 heteroatoms. The van der Waals surface area contributed by atoms with Crippen LogP contribution in [0.1, 0.15) is 36.8 Å². The van der Waals surface area contributed by atoms with Gasteiger partial charge in [-0.2, -0.15) is 0 Å². The SMILES string of the molecule is Cc1c(-c2ccccc2F)[nH]c2ccc(CNC(=O)CCCN3CCCC3=O)cc12. The Morgan fingerprint density at radius 3 is 2.83 bits per heavy atom. The molecule has 2 heterocycles. The Kier molecular flexibility index (Phi) is 5.84. The molecule has 4 rings (SSSR count). The number of carbonyl (C=O) groups is 2. The fraction of sp³-hybridized carbons (Fsp3) is 0.333. The van der Waals surface area contributed by atoms with Crippen molar-refractivity contribution in [1.82, 2.24) is 15.2 Å². The quantitative estimate of drug-likeness (QED) is 0.613. The first-order chi connectivity index (χ1) is 14.5. The maximum Gasteiger partial charge on any atom is 0.222 e. The number of carbonyl (C=O) groups excluding carboxylic acids is 2. The van der Waals surface area contributed by atoms with Crippen molar-refractivity contribution < 1.29 is 14.0 Å². The van der Waals surface area contributed by atoms with Crippen LogP contribution in [0.2, 0.25) is 0 Å². The van der Waals surface area contributed by atoms with E-state index < -0.39 is 0 Å². The largest absolute Gasteiger partial charge is 0.354 e. The van der Waals surface area contributed by atoms with Crippen molar-refractivity contribution in [3.8, 4) is 11.3 Å². The van der Waals surface area contributed by atoms with E-state index in [9.17, 15) is 14.0 Å². The van der Waals surface area contributed by atoms with Crippen molar-refractivity contribution >= 4 is 22.7 Å². The van der Waals surface area contributed by atoms with Crippen LogP contribution in [0.5, 0.6) is 0 Å². The summed E-state index contributed by atoms with van der Waals surface area (Å²) in [6, 6.07) is 12.7. The van der Waals surface area contributed by atoms with Gasteiger partial charge in [0.25, 0.3) is 0 Å². The third kappa shape index (κ3) is 4.22. The van der Waals surface area contributed by atoms with Crippen molar-refractivity contribution in [1.29, 1.82) is 0 Å². The summed E-state index contributed by atoms with van der Waals surface area (Å²) in [5, 5.41) is 3.98. The van der Waals surface area contributed by atoms with Gasteiger partial charge in [-0.1, -0.05) is 18.2 Å². The summed E-state index contributed by atoms with van der Waals surface area (Å²) in [5.41, 5.74) is 4.25. The standard InChI is InChI=1S/C24H26FN3O2/c1-16-19-14-17(15-26-22(29)8-4-12-28-13-5-9-23(28)30)10-11-21(19)27-24(16)18-6-2-3-7-20(18)25/h2-3,6-7,10-11,14,27H,4-5,8-9,12-13,15H2,1H3,(H,26,29). The zero-order valence-corrected chi connectivity index (χ0v) is 17.1. The van der Waals surface area contributed by atoms with E-state index in [0.717, 1.165) is 40.7 Å². The predicted molar refractivity (Wildman–Crippen MR) is 115 cm³/mol. The van der Waals surface area contributed by atoms with Gasteiger partial charge in [0.15, 0.2) is 0 Å². The lowest BCUT2D eigenvalue weighted by Crippen LogP contribution is -2.28. The van der Waals surface area contributed by atoms with E-state index in [2.05, 4.69) is 10.3 Å². The summed E-state index contributed by atoms with van der Waals surface area (Å²) < 4.78 is 14.2. The molecule has 2 amide bonds. The fourth-order valence-electron chi connectivity index (χ4n) is 4.08. The lowest BCUT2D eigenvalue weighted by molar-refractivity contribution is -0.128. The number of nitrogens with zero attached hydrogens (tertiary/aromatic N) is 1. The Balaban J connectivity index is 1.38. The molecule has 30 heavy (non-hydrogen) atoms. The molecule has 5 nitrogen and oxygen atoms in total. The van der Waals surface area contributed by atoms with Crippen LogP contribution in [-0.2, 0) is 16.1 Å². The van der Waals surface area contributed by atoms with Gasteiger partial charge in [-0.05, 0) is 55.2 Å². The summed E-state index contributed by atoms with van der Waals surface area (Å²) in [6.07, 6.45) is 2.64. The second kappa shape index (κ2) is 8.69. The van der Waals surface area contributed by atoms with E-state index in [1.54, 1.807) is 12.1 Å². The number of hydrogen-bond donors (Lipinski definition) is 2. The second-order valence-electron chi connectivity index (χ2n) is 7.85. The van der Waals surface area contributed by atoms with Gasteiger partial charge in [-0.15, -0.1) is 0 Å². The molecule has 0 radical (unpaired) electrons. The second-order valence-corrected chi connectivity index (χ2v) is 7.85. The lowest BCUT2D eigenvalue weighted by Gasteiger charge is -2.14. The summed E-state index contributed by atoms with van der Waals surface area (Å²) in [5.74, 6) is -0.0739. The number of aryl methyl sites for hydroxylation is 1. The van der Waals surface area contributed by atoms with Crippen molar-refractivity contribution in [2.24, 2.45) is 0 Å². The molecule has 0 atom stereocenters. The molecule has 1 aliphatic rings. The molecular formula is C24H26FN3O2. The van der Waals surface area contributed by atoms with Crippen molar-refractivity contribution in [2.75, 3.05) is 13.1 Å². The first kappa shape index (κ1) is 20.1. The molecule has 0 bridgehead atoms. The zero-order chi connectivity index (χ0) is 21.1. The maximum atomic E-state index is 14.2. The van der Waals surface area contributed by atoms with Gasteiger partial charge < -0.3 is 15.2 Å². The average Bonchev–Trinajstić information content (AvgIpc) is 3.30. The van der Waals surface area contributed by atoms with E-state index >= 15 is 0 Å². The third-order valence-corrected chi connectivity index (χ3v) is 5.76. The molecular weight excluding hydrogens is 381 g/mol. The minimum absolute atomic E-state index is 0.0143. The number of H-pyrrole nitrogens is 1. The molecule has 1 aliphatic heterocycles. The van der Waals surface area contributed by atoms with Crippen LogP contribution >= 0.6 is 0 Å². The van der Waals surface area contributed by atoms with Crippen molar-refractivity contribution in [3.63, 3.8) is 0 Å². The van der Waals surface area contributed by atoms with E-state index in [1.807, 2.05) is 36.1 Å². The molecule has 0 aliphatic carbocycles. The monoisotopic (exact) mass is 407 g/mol. The number of likely N-dealkylation sites (tertiary alicyclic amines) is 1. The fourth-order valence-corrected chi connectivity index (χ4v) is 4.08. The number of rotatable bonds is 7. The van der Waals surface area contributed by atoms with Crippen LogP contribution in [-0.4, -0.2) is 34.8 Å². The molecule has 1 aromatic heterocycles. The number of nitrogens with one attached hydrogen (secondary N) is 2. The highest BCUT2D eigenvalue weighted by molar-refractivity contribution is 5.91. The molecule has 0 unspecified atom stereocenters. The highest BCUT2D eigenvalue weighted by Crippen LogP contribution is 2.31. The van der Waals surface area contributed by atoms with Crippen LogP contribution in [0.4, 0.5) is 4.39 Å². The Morgan fingerprint density at radius 2 is 2.07 bits per heavy atom. The molecule has 1 fully saturated rings. The zero-order valence-electron chi connectivity index (χ0n) is 17.1. The van der Waals surface area contributed by atoms with Gasteiger partial charge in [0.05, 0.1) is 5.69 Å². The van der Waals surface area contributed by atoms with Gasteiger partial charge in [0.2, 0.25) is 11.8 Å². The van der Waals surface area contributed by atoms with E-state index in [4.69, 9.17) is 0 Å². The number of amides is 2. The Hall–Kier alpha value is -3.15. The normalized spacial score (nSPS) is 13.9. The smallest absolute Gasteiger partial charge is 0.222 e. The van der Waals surface area contributed by atoms with Crippen LogP contribution in [0, 0.1) is 12.7 Å². The maximum absolute atomic E-state index is 14.2. The first-order valence-corrected chi connectivity index (χ1v) is 10.4. The van der Waals surface area contributed by atoms with Crippen molar-refractivity contribution in [3.05, 3.63) is 59.4 Å². The molecule has 2 N–H and O–H groups in total. The molecule has 156 valence electrons. The Bertz CT molecular complexity index is 1090. The van der Waals surface area contributed by atoms with Crippen LogP contribution in [0.15, 0.2) is 42.5 Å².